The Morgan fingerprint density at radius 3 is 1.88 bits per heavy atom. The van der Waals surface area contributed by atoms with Gasteiger partial charge in [-0.2, -0.15) is 5.26 Å². The SMILES string of the molecule is CC(C)N(C(=O)COc1ccc(-c2ccc(C#N)cc2)cc1)C(C)C. The van der Waals surface area contributed by atoms with Gasteiger partial charge in [0.15, 0.2) is 6.61 Å². The van der Waals surface area contributed by atoms with Crippen LogP contribution in [0.3, 0.4) is 0 Å². The van der Waals surface area contributed by atoms with E-state index in [0.717, 1.165) is 11.1 Å². The first kappa shape index (κ1) is 18.5. The summed E-state index contributed by atoms with van der Waals surface area (Å²) in [5.74, 6) is 0.652. The third-order valence-electron chi connectivity index (χ3n) is 3.96. The largest absolute Gasteiger partial charge is 0.484 e. The number of carbonyl (C=O) groups is 1. The maximum absolute atomic E-state index is 12.3. The Bertz CT molecular complexity index is 733. The van der Waals surface area contributed by atoms with Crippen molar-refractivity contribution in [2.45, 2.75) is 39.8 Å². The molecule has 130 valence electrons. The third kappa shape index (κ3) is 4.84. The molecule has 0 aromatic heterocycles. The first-order valence-electron chi connectivity index (χ1n) is 8.47. The van der Waals surface area contributed by atoms with Crippen molar-refractivity contribution in [3.8, 4) is 22.9 Å². The van der Waals surface area contributed by atoms with Crippen LogP contribution in [0.5, 0.6) is 5.75 Å². The second-order valence-corrected chi connectivity index (χ2v) is 6.49. The summed E-state index contributed by atoms with van der Waals surface area (Å²) < 4.78 is 5.64. The molecular weight excluding hydrogens is 312 g/mol. The standard InChI is InChI=1S/C21H24N2O2/c1-15(2)23(16(3)4)21(24)14-25-20-11-9-19(10-12-20)18-7-5-17(13-22)6-8-18/h5-12,15-16H,14H2,1-4H3. The van der Waals surface area contributed by atoms with Crippen LogP contribution in [0.2, 0.25) is 0 Å². The minimum absolute atomic E-state index is 0.0128. The molecule has 0 saturated carbocycles. The van der Waals surface area contributed by atoms with Crippen LogP contribution in [0.1, 0.15) is 33.3 Å². The molecule has 0 unspecified atom stereocenters. The molecule has 0 radical (unpaired) electrons. The zero-order chi connectivity index (χ0) is 18.4. The van der Waals surface area contributed by atoms with Crippen LogP contribution in [0.25, 0.3) is 11.1 Å². The lowest BCUT2D eigenvalue weighted by molar-refractivity contribution is -0.136. The number of rotatable bonds is 6. The van der Waals surface area contributed by atoms with Gasteiger partial charge in [0.25, 0.3) is 5.91 Å². The molecule has 4 nitrogen and oxygen atoms in total. The topological polar surface area (TPSA) is 53.3 Å². The second-order valence-electron chi connectivity index (χ2n) is 6.49. The zero-order valence-electron chi connectivity index (χ0n) is 15.2. The highest BCUT2D eigenvalue weighted by Gasteiger charge is 2.20. The summed E-state index contributed by atoms with van der Waals surface area (Å²) in [6.07, 6.45) is 0. The first-order chi connectivity index (χ1) is 11.9. The highest BCUT2D eigenvalue weighted by Crippen LogP contribution is 2.23. The molecule has 0 aliphatic rings. The molecule has 25 heavy (non-hydrogen) atoms. The van der Waals surface area contributed by atoms with Crippen LogP contribution >= 0.6 is 0 Å². The molecule has 4 heteroatoms. The summed E-state index contributed by atoms with van der Waals surface area (Å²) in [7, 11) is 0. The number of benzene rings is 2. The molecule has 0 saturated heterocycles. The maximum atomic E-state index is 12.3. The minimum Gasteiger partial charge on any atom is -0.484 e. The van der Waals surface area contributed by atoms with Crippen molar-refractivity contribution in [2.75, 3.05) is 6.61 Å². The number of carbonyl (C=O) groups excluding carboxylic acids is 1. The number of ether oxygens (including phenoxy) is 1. The van der Waals surface area contributed by atoms with Crippen molar-refractivity contribution in [3.63, 3.8) is 0 Å². The fraction of sp³-hybridized carbons (Fsp3) is 0.333. The predicted molar refractivity (Wildman–Crippen MR) is 99.2 cm³/mol. The van der Waals surface area contributed by atoms with E-state index in [-0.39, 0.29) is 24.6 Å². The second kappa shape index (κ2) is 8.34. The maximum Gasteiger partial charge on any atom is 0.260 e. The lowest BCUT2D eigenvalue weighted by atomic mass is 10.0. The van der Waals surface area contributed by atoms with Gasteiger partial charge in [0.05, 0.1) is 11.6 Å². The van der Waals surface area contributed by atoms with Crippen molar-refractivity contribution >= 4 is 5.91 Å². The molecule has 0 bridgehead atoms. The average molecular weight is 336 g/mol. The van der Waals surface area contributed by atoms with Gasteiger partial charge < -0.3 is 9.64 Å². The highest BCUT2D eigenvalue weighted by molar-refractivity contribution is 5.78. The Hall–Kier alpha value is -2.80. The molecule has 2 rings (SSSR count). The molecule has 1 amide bonds. The van der Waals surface area contributed by atoms with Crippen molar-refractivity contribution in [2.24, 2.45) is 0 Å². The van der Waals surface area contributed by atoms with E-state index >= 15 is 0 Å². The Kier molecular flexibility index (Phi) is 6.19. The summed E-state index contributed by atoms with van der Waals surface area (Å²) in [6.45, 7) is 8.05. The van der Waals surface area contributed by atoms with E-state index in [1.54, 1.807) is 12.1 Å². The Labute approximate surface area is 149 Å². The summed E-state index contributed by atoms with van der Waals surface area (Å²) >= 11 is 0. The van der Waals surface area contributed by atoms with E-state index in [4.69, 9.17) is 10.00 Å². The van der Waals surface area contributed by atoms with Gasteiger partial charge in [-0.05, 0) is 63.1 Å². The number of nitriles is 1. The Morgan fingerprint density at radius 2 is 1.44 bits per heavy atom. The summed E-state index contributed by atoms with van der Waals surface area (Å²) in [5, 5.41) is 8.85. The normalized spacial score (nSPS) is 10.6. The van der Waals surface area contributed by atoms with E-state index in [2.05, 4.69) is 6.07 Å². The lowest BCUT2D eigenvalue weighted by Crippen LogP contribution is -2.44. The van der Waals surface area contributed by atoms with Crippen molar-refractivity contribution < 1.29 is 9.53 Å². The van der Waals surface area contributed by atoms with Gasteiger partial charge >= 0.3 is 0 Å². The van der Waals surface area contributed by atoms with E-state index in [1.807, 2.05) is 69.0 Å². The Balaban J connectivity index is 2.00. The van der Waals surface area contributed by atoms with Gasteiger partial charge in [-0.3, -0.25) is 4.79 Å². The summed E-state index contributed by atoms with van der Waals surface area (Å²) in [4.78, 5) is 14.1. The van der Waals surface area contributed by atoms with Gasteiger partial charge in [-0.1, -0.05) is 24.3 Å². The van der Waals surface area contributed by atoms with Gasteiger partial charge in [-0.25, -0.2) is 0 Å². The number of amides is 1. The molecule has 0 fully saturated rings. The number of hydrogen-bond donors (Lipinski definition) is 0. The van der Waals surface area contributed by atoms with E-state index < -0.39 is 0 Å². The third-order valence-corrected chi connectivity index (χ3v) is 3.96. The molecule has 0 spiro atoms. The molecule has 0 aliphatic carbocycles. The highest BCUT2D eigenvalue weighted by atomic mass is 16.5. The number of hydrogen-bond acceptors (Lipinski definition) is 3. The summed E-state index contributed by atoms with van der Waals surface area (Å²) in [6, 6.07) is 17.4. The monoisotopic (exact) mass is 336 g/mol. The first-order valence-corrected chi connectivity index (χ1v) is 8.47. The fourth-order valence-corrected chi connectivity index (χ4v) is 2.87. The molecule has 2 aromatic carbocycles. The predicted octanol–water partition coefficient (Wildman–Crippen LogP) is 4.25. The van der Waals surface area contributed by atoms with Crippen LogP contribution in [-0.2, 0) is 4.79 Å². The fourth-order valence-electron chi connectivity index (χ4n) is 2.87. The molecular formula is C21H24N2O2. The lowest BCUT2D eigenvalue weighted by Gasteiger charge is -2.30. The van der Waals surface area contributed by atoms with Crippen LogP contribution < -0.4 is 4.74 Å². The minimum atomic E-state index is -0.0128. The van der Waals surface area contributed by atoms with E-state index in [1.165, 1.54) is 0 Å². The smallest absolute Gasteiger partial charge is 0.260 e. The molecule has 0 atom stereocenters. The van der Waals surface area contributed by atoms with Gasteiger partial charge in [0.1, 0.15) is 5.75 Å². The molecule has 2 aromatic rings. The van der Waals surface area contributed by atoms with Crippen LogP contribution in [0.15, 0.2) is 48.5 Å². The average Bonchev–Trinajstić information content (AvgIpc) is 2.60. The number of nitrogens with zero attached hydrogens (tertiary/aromatic N) is 2. The van der Waals surface area contributed by atoms with Gasteiger partial charge in [-0.15, -0.1) is 0 Å². The van der Waals surface area contributed by atoms with Crippen molar-refractivity contribution in [1.82, 2.24) is 4.90 Å². The van der Waals surface area contributed by atoms with Crippen LogP contribution in [0.4, 0.5) is 0 Å². The summed E-state index contributed by atoms with van der Waals surface area (Å²) in [5.41, 5.74) is 2.71. The van der Waals surface area contributed by atoms with E-state index in [0.29, 0.717) is 11.3 Å². The molecule has 0 aliphatic heterocycles. The van der Waals surface area contributed by atoms with Gasteiger partial charge in [0, 0.05) is 12.1 Å². The molecule has 0 heterocycles. The van der Waals surface area contributed by atoms with Gasteiger partial charge in [0.2, 0.25) is 0 Å². The Morgan fingerprint density at radius 1 is 0.960 bits per heavy atom. The van der Waals surface area contributed by atoms with Crippen LogP contribution in [0, 0.1) is 11.3 Å². The van der Waals surface area contributed by atoms with Crippen molar-refractivity contribution in [3.05, 3.63) is 54.1 Å². The molecule has 0 N–H and O–H groups in total. The zero-order valence-corrected chi connectivity index (χ0v) is 15.2. The van der Waals surface area contributed by atoms with Crippen LogP contribution in [-0.4, -0.2) is 29.5 Å². The van der Waals surface area contributed by atoms with Crippen molar-refractivity contribution in [1.29, 1.82) is 5.26 Å². The quantitative estimate of drug-likeness (QED) is 0.792. The van der Waals surface area contributed by atoms with E-state index in [9.17, 15) is 4.79 Å².